The Morgan fingerprint density at radius 3 is 2.08 bits per heavy atom. The first-order valence-corrected chi connectivity index (χ1v) is 4.50. The number of carbonyl (C=O) groups is 2. The van der Waals surface area contributed by atoms with Gasteiger partial charge in [0.15, 0.2) is 0 Å². The fourth-order valence-corrected chi connectivity index (χ4v) is 2.80. The van der Waals surface area contributed by atoms with Crippen molar-refractivity contribution in [1.82, 2.24) is 0 Å². The molecular formula is C10H15NaO2. The van der Waals surface area contributed by atoms with Gasteiger partial charge in [-0.2, -0.15) is 0 Å². The van der Waals surface area contributed by atoms with Crippen molar-refractivity contribution in [3.8, 4) is 0 Å². The van der Waals surface area contributed by atoms with Crippen molar-refractivity contribution in [2.75, 3.05) is 0 Å². The van der Waals surface area contributed by atoms with Crippen molar-refractivity contribution in [2.24, 2.45) is 16.7 Å². The van der Waals surface area contributed by atoms with Crippen LogP contribution in [0.3, 0.4) is 0 Å². The van der Waals surface area contributed by atoms with Gasteiger partial charge in [-0.1, -0.05) is 20.8 Å². The quantitative estimate of drug-likeness (QED) is 0.351. The SMILES string of the molecule is CC12CCC(C(=O)C1=O)C2(C)C.[H-].[Na+]. The van der Waals surface area contributed by atoms with Crippen LogP contribution in [0.25, 0.3) is 0 Å². The van der Waals surface area contributed by atoms with E-state index >= 15 is 0 Å². The van der Waals surface area contributed by atoms with Crippen LogP contribution >= 0.6 is 0 Å². The van der Waals surface area contributed by atoms with E-state index in [0.29, 0.717) is 0 Å². The number of hydrogen-bond acceptors (Lipinski definition) is 2. The Bertz CT molecular complexity index is 288. The normalized spacial score (nSPS) is 40.7. The molecule has 3 heteroatoms. The van der Waals surface area contributed by atoms with Crippen LogP contribution in [-0.2, 0) is 9.59 Å². The van der Waals surface area contributed by atoms with E-state index in [1.807, 2.05) is 20.8 Å². The summed E-state index contributed by atoms with van der Waals surface area (Å²) in [6.45, 7) is 6.04. The predicted octanol–water partition coefficient (Wildman–Crippen LogP) is -1.30. The maximum Gasteiger partial charge on any atom is 1.00 e. The largest absolute Gasteiger partial charge is 1.00 e. The molecule has 0 aromatic rings. The van der Waals surface area contributed by atoms with Crippen molar-refractivity contribution in [2.45, 2.75) is 33.6 Å². The molecule has 0 N–H and O–H groups in total. The Labute approximate surface area is 102 Å². The molecule has 0 spiro atoms. The Kier molecular flexibility index (Phi) is 2.56. The average molecular weight is 190 g/mol. The molecule has 0 saturated heterocycles. The number of rotatable bonds is 0. The molecule has 2 unspecified atom stereocenters. The number of fused-ring (bicyclic) bond motifs is 2. The van der Waals surface area contributed by atoms with Crippen molar-refractivity contribution in [3.05, 3.63) is 0 Å². The third-order valence-electron chi connectivity index (χ3n) is 4.27. The van der Waals surface area contributed by atoms with E-state index in [1.54, 1.807) is 0 Å². The van der Waals surface area contributed by atoms with Crippen LogP contribution in [0.4, 0.5) is 0 Å². The zero-order chi connectivity index (χ0) is 9.15. The van der Waals surface area contributed by atoms with Crippen LogP contribution in [-0.4, -0.2) is 11.6 Å². The molecule has 0 radical (unpaired) electrons. The standard InChI is InChI=1S/C10H14O2.Na.H/c1-9(2)6-4-5-10(9,3)8(12)7(6)11;;/h6H,4-5H2,1-3H3;;/q;+1;-1. The predicted molar refractivity (Wildman–Crippen MR) is 45.7 cm³/mol. The van der Waals surface area contributed by atoms with Crippen LogP contribution in [0.5, 0.6) is 0 Å². The topological polar surface area (TPSA) is 34.1 Å². The molecule has 2 aliphatic rings. The van der Waals surface area contributed by atoms with E-state index < -0.39 is 0 Å². The molecular weight excluding hydrogens is 175 g/mol. The second-order valence-corrected chi connectivity index (χ2v) is 4.84. The minimum Gasteiger partial charge on any atom is -1.00 e. The summed E-state index contributed by atoms with van der Waals surface area (Å²) in [4.78, 5) is 23.0. The van der Waals surface area contributed by atoms with Gasteiger partial charge in [0, 0.05) is 11.3 Å². The minimum absolute atomic E-state index is 0. The molecule has 2 aliphatic carbocycles. The summed E-state index contributed by atoms with van der Waals surface area (Å²) >= 11 is 0. The van der Waals surface area contributed by atoms with Gasteiger partial charge in [0.05, 0.1) is 0 Å². The first kappa shape index (κ1) is 11.4. The maximum atomic E-state index is 11.6. The van der Waals surface area contributed by atoms with E-state index in [-0.39, 0.29) is 59.3 Å². The molecule has 0 aromatic carbocycles. The van der Waals surface area contributed by atoms with Crippen molar-refractivity contribution in [3.63, 3.8) is 0 Å². The Balaban J connectivity index is 0.000000845. The van der Waals surface area contributed by atoms with Crippen LogP contribution in [0.1, 0.15) is 35.0 Å². The van der Waals surface area contributed by atoms with E-state index in [9.17, 15) is 9.59 Å². The molecule has 13 heavy (non-hydrogen) atoms. The molecule has 0 amide bonds. The van der Waals surface area contributed by atoms with Gasteiger partial charge in [-0.25, -0.2) is 0 Å². The second-order valence-electron chi connectivity index (χ2n) is 4.84. The number of ketones is 2. The number of hydrogen-bond donors (Lipinski definition) is 0. The van der Waals surface area contributed by atoms with E-state index in [0.717, 1.165) is 12.8 Å². The Morgan fingerprint density at radius 1 is 1.31 bits per heavy atom. The molecule has 2 fully saturated rings. The van der Waals surface area contributed by atoms with Gasteiger partial charge in [0.1, 0.15) is 0 Å². The molecule has 2 atom stereocenters. The van der Waals surface area contributed by atoms with Gasteiger partial charge in [-0.3, -0.25) is 9.59 Å². The van der Waals surface area contributed by atoms with Gasteiger partial charge in [0.25, 0.3) is 0 Å². The summed E-state index contributed by atoms with van der Waals surface area (Å²) < 4.78 is 0. The minimum atomic E-state index is -0.352. The molecule has 2 nitrogen and oxygen atoms in total. The molecule has 0 heterocycles. The van der Waals surface area contributed by atoms with Crippen LogP contribution in [0.15, 0.2) is 0 Å². The summed E-state index contributed by atoms with van der Waals surface area (Å²) in [5.74, 6) is -0.229. The average Bonchev–Trinajstić information content (AvgIpc) is 2.26. The number of carbonyl (C=O) groups excluding carboxylic acids is 2. The van der Waals surface area contributed by atoms with Crippen LogP contribution in [0.2, 0.25) is 0 Å². The smallest absolute Gasteiger partial charge is 1.00 e. The zero-order valence-electron chi connectivity index (χ0n) is 9.81. The Morgan fingerprint density at radius 2 is 1.85 bits per heavy atom. The van der Waals surface area contributed by atoms with Gasteiger partial charge < -0.3 is 1.43 Å². The second kappa shape index (κ2) is 2.91. The maximum absolute atomic E-state index is 11.6. The van der Waals surface area contributed by atoms with Crippen molar-refractivity contribution in [1.29, 1.82) is 0 Å². The summed E-state index contributed by atoms with van der Waals surface area (Å²) in [6, 6.07) is 0. The van der Waals surface area contributed by atoms with Crippen LogP contribution in [0, 0.1) is 16.7 Å². The first-order valence-electron chi connectivity index (χ1n) is 4.50. The van der Waals surface area contributed by atoms with Crippen LogP contribution < -0.4 is 29.6 Å². The molecule has 2 bridgehead atoms. The molecule has 2 saturated carbocycles. The molecule has 0 aliphatic heterocycles. The first-order chi connectivity index (χ1) is 5.41. The van der Waals surface area contributed by atoms with Crippen molar-refractivity contribution < 1.29 is 40.6 Å². The van der Waals surface area contributed by atoms with Gasteiger partial charge in [0.2, 0.25) is 11.6 Å². The zero-order valence-corrected chi connectivity index (χ0v) is 10.8. The molecule has 2 rings (SSSR count). The van der Waals surface area contributed by atoms with E-state index in [1.165, 1.54) is 0 Å². The Hall–Kier alpha value is 0.340. The fourth-order valence-electron chi connectivity index (χ4n) is 2.80. The summed E-state index contributed by atoms with van der Waals surface area (Å²) in [7, 11) is 0. The van der Waals surface area contributed by atoms with E-state index in [4.69, 9.17) is 0 Å². The molecule has 0 aromatic heterocycles. The van der Waals surface area contributed by atoms with Crippen molar-refractivity contribution >= 4 is 11.6 Å². The third-order valence-corrected chi connectivity index (χ3v) is 4.27. The summed E-state index contributed by atoms with van der Waals surface area (Å²) in [5, 5.41) is 0. The van der Waals surface area contributed by atoms with Gasteiger partial charge >= 0.3 is 29.6 Å². The molecule has 68 valence electrons. The van der Waals surface area contributed by atoms with Gasteiger partial charge in [-0.15, -0.1) is 0 Å². The van der Waals surface area contributed by atoms with E-state index in [2.05, 4.69) is 0 Å². The summed E-state index contributed by atoms with van der Waals surface area (Å²) in [6.07, 6.45) is 1.81. The monoisotopic (exact) mass is 190 g/mol. The number of Topliss-reactive ketones (excluding diaryl/α,β-unsaturated/α-hetero) is 2. The fraction of sp³-hybridized carbons (Fsp3) is 0.800. The van der Waals surface area contributed by atoms with Gasteiger partial charge in [-0.05, 0) is 18.3 Å². The summed E-state index contributed by atoms with van der Waals surface area (Å²) in [5.41, 5.74) is -0.448. The third kappa shape index (κ3) is 1.06.